The van der Waals surface area contributed by atoms with Crippen LogP contribution in [-0.4, -0.2) is 17.2 Å². The maximum Gasteiger partial charge on any atom is 0.489 e. The van der Waals surface area contributed by atoms with E-state index < -0.39 is 7.12 Å². The minimum Gasteiger partial charge on any atom is -0.423 e. The topological polar surface area (TPSA) is 40.5 Å². The largest absolute Gasteiger partial charge is 0.489 e. The first-order valence-corrected chi connectivity index (χ1v) is 6.17. The molecule has 0 aliphatic heterocycles. The van der Waals surface area contributed by atoms with Crippen molar-refractivity contribution in [2.45, 2.75) is 20.3 Å². The Morgan fingerprint density at radius 3 is 2.56 bits per heavy atom. The van der Waals surface area contributed by atoms with Gasteiger partial charge >= 0.3 is 7.12 Å². The van der Waals surface area contributed by atoms with Gasteiger partial charge in [-0.3, -0.25) is 0 Å². The first-order chi connectivity index (χ1) is 8.59. The molecule has 0 atom stereocenters. The van der Waals surface area contributed by atoms with Crippen molar-refractivity contribution < 1.29 is 10.0 Å². The molecule has 2 N–H and O–H groups in total. The van der Waals surface area contributed by atoms with Gasteiger partial charge in [0.1, 0.15) is 0 Å². The van der Waals surface area contributed by atoms with Crippen molar-refractivity contribution in [2.75, 3.05) is 0 Å². The fourth-order valence-electron chi connectivity index (χ4n) is 2.86. The normalized spacial score (nSPS) is 12.2. The lowest BCUT2D eigenvalue weighted by Crippen LogP contribution is -2.32. The fourth-order valence-corrected chi connectivity index (χ4v) is 2.86. The zero-order valence-electron chi connectivity index (χ0n) is 10.6. The van der Waals surface area contributed by atoms with E-state index in [1.165, 1.54) is 16.7 Å². The Labute approximate surface area is 107 Å². The number of benzene rings is 2. The molecule has 0 aromatic heterocycles. The highest BCUT2D eigenvalue weighted by Crippen LogP contribution is 2.37. The minimum absolute atomic E-state index is 0.623. The third-order valence-electron chi connectivity index (χ3n) is 3.94. The van der Waals surface area contributed by atoms with Crippen LogP contribution in [0.4, 0.5) is 0 Å². The molecule has 1 aliphatic carbocycles. The minimum atomic E-state index is -1.41. The van der Waals surface area contributed by atoms with Gasteiger partial charge < -0.3 is 10.0 Å². The predicted molar refractivity (Wildman–Crippen MR) is 74.0 cm³/mol. The number of hydrogen-bond donors (Lipinski definition) is 2. The molecular weight excluding hydrogens is 223 g/mol. The van der Waals surface area contributed by atoms with Crippen LogP contribution in [0.1, 0.15) is 22.3 Å². The van der Waals surface area contributed by atoms with Crippen molar-refractivity contribution in [1.29, 1.82) is 0 Å². The molecule has 90 valence electrons. The summed E-state index contributed by atoms with van der Waals surface area (Å²) in [5, 5.41) is 19.2. The molecule has 3 heteroatoms. The quantitative estimate of drug-likeness (QED) is 0.631. The molecule has 0 radical (unpaired) electrons. The van der Waals surface area contributed by atoms with Gasteiger partial charge in [-0.1, -0.05) is 30.3 Å². The Hall–Kier alpha value is -1.58. The summed E-state index contributed by atoms with van der Waals surface area (Å²) < 4.78 is 0. The van der Waals surface area contributed by atoms with Crippen molar-refractivity contribution in [3.8, 4) is 11.1 Å². The first-order valence-electron chi connectivity index (χ1n) is 6.17. The summed E-state index contributed by atoms with van der Waals surface area (Å²) in [5.41, 5.74) is 7.65. The lowest BCUT2D eigenvalue weighted by Gasteiger charge is -2.14. The molecule has 0 amide bonds. The Bertz CT molecular complexity index is 633. The molecular formula is C15H15BO2. The summed E-state index contributed by atoms with van der Waals surface area (Å²) in [5.74, 6) is 0. The summed E-state index contributed by atoms with van der Waals surface area (Å²) >= 11 is 0. The average Bonchev–Trinajstić information content (AvgIpc) is 2.73. The molecule has 0 saturated carbocycles. The Kier molecular flexibility index (Phi) is 2.54. The van der Waals surface area contributed by atoms with E-state index >= 15 is 0 Å². The molecule has 2 aromatic rings. The van der Waals surface area contributed by atoms with Crippen molar-refractivity contribution in [1.82, 2.24) is 0 Å². The maximum absolute atomic E-state index is 9.58. The van der Waals surface area contributed by atoms with Gasteiger partial charge in [0.2, 0.25) is 0 Å². The molecule has 0 heterocycles. The van der Waals surface area contributed by atoms with E-state index in [1.54, 1.807) is 0 Å². The zero-order chi connectivity index (χ0) is 12.9. The van der Waals surface area contributed by atoms with Gasteiger partial charge in [-0.15, -0.1) is 0 Å². The third kappa shape index (κ3) is 1.52. The van der Waals surface area contributed by atoms with E-state index in [-0.39, 0.29) is 0 Å². The Morgan fingerprint density at radius 1 is 1.11 bits per heavy atom. The summed E-state index contributed by atoms with van der Waals surface area (Å²) in [6, 6.07) is 10.1. The monoisotopic (exact) mass is 238 g/mol. The van der Waals surface area contributed by atoms with Crippen molar-refractivity contribution in [3.05, 3.63) is 52.6 Å². The van der Waals surface area contributed by atoms with E-state index in [4.69, 9.17) is 0 Å². The Balaban J connectivity index is 2.36. The highest BCUT2D eigenvalue weighted by molar-refractivity contribution is 6.60. The molecule has 1 aliphatic rings. The van der Waals surface area contributed by atoms with Gasteiger partial charge in [0.05, 0.1) is 0 Å². The molecule has 0 unspecified atom stereocenters. The van der Waals surface area contributed by atoms with Crippen LogP contribution in [0, 0.1) is 13.8 Å². The highest BCUT2D eigenvalue weighted by atomic mass is 16.4. The van der Waals surface area contributed by atoms with E-state index in [0.717, 1.165) is 23.1 Å². The number of rotatable bonds is 1. The van der Waals surface area contributed by atoms with Crippen LogP contribution in [0.2, 0.25) is 0 Å². The van der Waals surface area contributed by atoms with Crippen LogP contribution >= 0.6 is 0 Å². The number of hydrogen-bond acceptors (Lipinski definition) is 2. The molecule has 0 bridgehead atoms. The Morgan fingerprint density at radius 2 is 1.83 bits per heavy atom. The van der Waals surface area contributed by atoms with Gasteiger partial charge in [-0.05, 0) is 59.1 Å². The molecule has 2 nitrogen and oxygen atoms in total. The molecule has 2 aromatic carbocycles. The second kappa shape index (κ2) is 3.97. The maximum atomic E-state index is 9.58. The van der Waals surface area contributed by atoms with Crippen LogP contribution in [0.15, 0.2) is 30.3 Å². The third-order valence-corrected chi connectivity index (χ3v) is 3.94. The van der Waals surface area contributed by atoms with Crippen LogP contribution in [0.3, 0.4) is 0 Å². The van der Waals surface area contributed by atoms with Gasteiger partial charge in [0.15, 0.2) is 0 Å². The predicted octanol–water partition coefficient (Wildman–Crippen LogP) is 1.55. The van der Waals surface area contributed by atoms with Crippen molar-refractivity contribution in [2.24, 2.45) is 0 Å². The molecule has 0 spiro atoms. The summed E-state index contributed by atoms with van der Waals surface area (Å²) in [6.07, 6.45) is 0.888. The standard InChI is InChI=1S/C15H15BO2/c1-9-7-14(16(17)18)15-12-6-4-3-5-11(12)8-13(15)10(9)2/h3-7,17-18H,8H2,1-2H3. The average molecular weight is 238 g/mol. The van der Waals surface area contributed by atoms with Gasteiger partial charge in [0.25, 0.3) is 0 Å². The summed E-state index contributed by atoms with van der Waals surface area (Å²) in [7, 11) is -1.41. The summed E-state index contributed by atoms with van der Waals surface area (Å²) in [6.45, 7) is 4.12. The number of aryl methyl sites for hydroxylation is 1. The van der Waals surface area contributed by atoms with Crippen LogP contribution in [0.5, 0.6) is 0 Å². The van der Waals surface area contributed by atoms with Crippen LogP contribution < -0.4 is 5.46 Å². The van der Waals surface area contributed by atoms with Gasteiger partial charge in [-0.25, -0.2) is 0 Å². The van der Waals surface area contributed by atoms with E-state index in [9.17, 15) is 10.0 Å². The SMILES string of the molecule is Cc1cc(B(O)O)c2c(c1C)Cc1ccccc1-2. The molecule has 18 heavy (non-hydrogen) atoms. The van der Waals surface area contributed by atoms with Crippen molar-refractivity contribution in [3.63, 3.8) is 0 Å². The van der Waals surface area contributed by atoms with Gasteiger partial charge in [-0.2, -0.15) is 0 Å². The molecule has 0 saturated heterocycles. The lowest BCUT2D eigenvalue weighted by atomic mass is 9.73. The lowest BCUT2D eigenvalue weighted by molar-refractivity contribution is 0.426. The van der Waals surface area contributed by atoms with E-state index in [2.05, 4.69) is 19.1 Å². The van der Waals surface area contributed by atoms with Crippen molar-refractivity contribution >= 4 is 12.6 Å². The van der Waals surface area contributed by atoms with E-state index in [0.29, 0.717) is 5.46 Å². The second-order valence-corrected chi connectivity index (χ2v) is 4.97. The fraction of sp³-hybridized carbons (Fsp3) is 0.200. The second-order valence-electron chi connectivity index (χ2n) is 4.97. The summed E-state index contributed by atoms with van der Waals surface area (Å²) in [4.78, 5) is 0. The number of fused-ring (bicyclic) bond motifs is 3. The van der Waals surface area contributed by atoms with Crippen LogP contribution in [0.25, 0.3) is 11.1 Å². The highest BCUT2D eigenvalue weighted by Gasteiger charge is 2.27. The van der Waals surface area contributed by atoms with Gasteiger partial charge in [0, 0.05) is 0 Å². The van der Waals surface area contributed by atoms with Crippen LogP contribution in [-0.2, 0) is 6.42 Å². The molecule has 0 fully saturated rings. The molecule has 3 rings (SSSR count). The zero-order valence-corrected chi connectivity index (χ0v) is 10.6. The smallest absolute Gasteiger partial charge is 0.423 e. The first kappa shape index (κ1) is 11.5. The van der Waals surface area contributed by atoms with E-state index in [1.807, 2.05) is 25.1 Å².